The highest BCUT2D eigenvalue weighted by Gasteiger charge is 2.36. The number of hydrogen-bond donors (Lipinski definition) is 0. The van der Waals surface area contributed by atoms with Crippen molar-refractivity contribution in [3.63, 3.8) is 0 Å². The molecule has 4 rings (SSSR count). The molecule has 35 heavy (non-hydrogen) atoms. The molecule has 0 aliphatic carbocycles. The minimum atomic E-state index is -4.36. The van der Waals surface area contributed by atoms with Crippen LogP contribution < -0.4 is 9.80 Å². The van der Waals surface area contributed by atoms with Crippen molar-refractivity contribution in [1.82, 2.24) is 4.90 Å². The highest BCUT2D eigenvalue weighted by molar-refractivity contribution is 8.26. The minimum Gasteiger partial charge on any atom is -0.325 e. The van der Waals surface area contributed by atoms with Gasteiger partial charge in [0.1, 0.15) is 10.1 Å². The fourth-order valence-electron chi connectivity index (χ4n) is 3.81. The third-order valence-corrected chi connectivity index (χ3v) is 6.74. The number of rotatable bonds is 6. The molecule has 10 heteroatoms. The van der Waals surface area contributed by atoms with Crippen LogP contribution in [0.3, 0.4) is 0 Å². The summed E-state index contributed by atoms with van der Waals surface area (Å²) in [7, 11) is 0. The molecule has 178 valence electrons. The molecule has 2 aromatic rings. The number of benzene rings is 2. The van der Waals surface area contributed by atoms with Gasteiger partial charge in [0.25, 0.3) is 5.91 Å². The number of carbonyl (C=O) groups excluding carboxylic acids is 1. The van der Waals surface area contributed by atoms with Gasteiger partial charge in [0, 0.05) is 18.8 Å². The van der Waals surface area contributed by atoms with Crippen LogP contribution in [0.2, 0.25) is 0 Å². The topological polar surface area (TPSA) is 50.6 Å². The Labute approximate surface area is 210 Å². The molecule has 2 aromatic carbocycles. The van der Waals surface area contributed by atoms with Crippen molar-refractivity contribution in [2.75, 3.05) is 22.9 Å². The van der Waals surface area contributed by atoms with Crippen LogP contribution in [0.15, 0.2) is 84.1 Å². The van der Waals surface area contributed by atoms with E-state index in [2.05, 4.69) is 12.6 Å². The molecule has 2 heterocycles. The van der Waals surface area contributed by atoms with Gasteiger partial charge in [-0.1, -0.05) is 48.3 Å². The lowest BCUT2D eigenvalue weighted by atomic mass is 10.1. The monoisotopic (exact) mass is 512 g/mol. The summed E-state index contributed by atoms with van der Waals surface area (Å²) >= 11 is 6.41. The normalized spacial score (nSPS) is 17.9. The molecule has 2 aliphatic heterocycles. The summed E-state index contributed by atoms with van der Waals surface area (Å²) < 4.78 is 40.0. The number of nitriles is 1. The number of fused-ring (bicyclic) bond motifs is 1. The van der Waals surface area contributed by atoms with Crippen molar-refractivity contribution in [2.24, 2.45) is 0 Å². The Morgan fingerprint density at radius 2 is 1.83 bits per heavy atom. The molecule has 0 aromatic heterocycles. The number of anilines is 3. The summed E-state index contributed by atoms with van der Waals surface area (Å²) in [6.45, 7) is 3.58. The first-order valence-electron chi connectivity index (χ1n) is 10.5. The van der Waals surface area contributed by atoms with Crippen LogP contribution in [0.5, 0.6) is 0 Å². The number of thiocarbonyl (C=S) groups is 1. The van der Waals surface area contributed by atoms with Gasteiger partial charge in [-0.15, -0.1) is 6.58 Å². The molecule has 0 radical (unpaired) electrons. The first kappa shape index (κ1) is 24.6. The average molecular weight is 513 g/mol. The maximum absolute atomic E-state index is 13.2. The maximum Gasteiger partial charge on any atom is 0.390 e. The van der Waals surface area contributed by atoms with E-state index in [0.717, 1.165) is 11.8 Å². The Balaban J connectivity index is 1.83. The second-order valence-electron chi connectivity index (χ2n) is 7.63. The van der Waals surface area contributed by atoms with Crippen molar-refractivity contribution >= 4 is 51.3 Å². The number of hydrogen-bond acceptors (Lipinski definition) is 6. The van der Waals surface area contributed by atoms with Crippen LogP contribution in [0, 0.1) is 11.3 Å². The first-order chi connectivity index (χ1) is 16.7. The predicted molar refractivity (Wildman–Crippen MR) is 136 cm³/mol. The van der Waals surface area contributed by atoms with Gasteiger partial charge in [0.15, 0.2) is 0 Å². The molecular formula is C25H19F3N4OS2. The zero-order valence-corrected chi connectivity index (χ0v) is 20.0. The molecule has 0 saturated carbocycles. The Morgan fingerprint density at radius 3 is 2.49 bits per heavy atom. The van der Waals surface area contributed by atoms with Gasteiger partial charge < -0.3 is 4.90 Å². The standard InChI is InChI=1S/C25H19F3N4OS2/c1-2-13-31-23(33)21(35-24(31)34)10-11-22-30(14-12-25(26,27)28)19-9-8-17(16-29)15-20(19)32(22)18-6-4-3-5-7-18/h2-11,15H,1,12-14H2. The molecular weight excluding hydrogens is 493 g/mol. The lowest BCUT2D eigenvalue weighted by molar-refractivity contribution is -0.132. The fourth-order valence-corrected chi connectivity index (χ4v) is 5.02. The molecule has 0 bridgehead atoms. The van der Waals surface area contributed by atoms with Crippen LogP contribution in [0.4, 0.5) is 30.2 Å². The molecule has 1 amide bonds. The smallest absolute Gasteiger partial charge is 0.325 e. The van der Waals surface area contributed by atoms with Crippen molar-refractivity contribution in [3.8, 4) is 6.07 Å². The number of thioether (sulfide) groups is 1. The molecule has 1 saturated heterocycles. The predicted octanol–water partition coefficient (Wildman–Crippen LogP) is 6.24. The van der Waals surface area contributed by atoms with Crippen molar-refractivity contribution in [3.05, 3.63) is 89.6 Å². The number of para-hydroxylation sites is 1. The number of alkyl halides is 3. The van der Waals surface area contributed by atoms with Gasteiger partial charge in [0.2, 0.25) is 0 Å². The number of nitrogens with zero attached hydrogens (tertiary/aromatic N) is 4. The molecule has 0 unspecified atom stereocenters. The van der Waals surface area contributed by atoms with Gasteiger partial charge in [0.05, 0.1) is 34.3 Å². The van der Waals surface area contributed by atoms with Crippen LogP contribution in [-0.2, 0) is 4.79 Å². The highest BCUT2D eigenvalue weighted by Crippen LogP contribution is 2.47. The number of allylic oxidation sites excluding steroid dienone is 2. The first-order valence-corrected chi connectivity index (χ1v) is 11.8. The second kappa shape index (κ2) is 9.98. The van der Waals surface area contributed by atoms with E-state index in [4.69, 9.17) is 12.2 Å². The van der Waals surface area contributed by atoms with Crippen molar-refractivity contribution in [1.29, 1.82) is 5.26 Å². The Hall–Kier alpha value is -3.55. The van der Waals surface area contributed by atoms with E-state index in [9.17, 15) is 23.2 Å². The molecule has 1 fully saturated rings. The molecule has 0 atom stereocenters. The van der Waals surface area contributed by atoms with Gasteiger partial charge >= 0.3 is 6.18 Å². The Morgan fingerprint density at radius 1 is 1.09 bits per heavy atom. The lowest BCUT2D eigenvalue weighted by Gasteiger charge is -2.26. The average Bonchev–Trinajstić information content (AvgIpc) is 3.29. The van der Waals surface area contributed by atoms with Gasteiger partial charge in [-0.05, 0) is 42.5 Å². The third-order valence-electron chi connectivity index (χ3n) is 5.34. The Kier molecular flexibility index (Phi) is 7.00. The second-order valence-corrected chi connectivity index (χ2v) is 9.31. The summed E-state index contributed by atoms with van der Waals surface area (Å²) in [4.78, 5) is 17.9. The van der Waals surface area contributed by atoms with E-state index in [1.54, 1.807) is 46.2 Å². The summed E-state index contributed by atoms with van der Waals surface area (Å²) in [6, 6.07) is 16.1. The summed E-state index contributed by atoms with van der Waals surface area (Å²) in [6.07, 6.45) is -0.622. The zero-order chi connectivity index (χ0) is 25.2. The third kappa shape index (κ3) is 5.11. The molecule has 5 nitrogen and oxygen atoms in total. The summed E-state index contributed by atoms with van der Waals surface area (Å²) in [5, 5.41) is 9.42. The van der Waals surface area contributed by atoms with E-state index in [-0.39, 0.29) is 19.0 Å². The number of carbonyl (C=O) groups is 1. The lowest BCUT2D eigenvalue weighted by Crippen LogP contribution is -2.29. The van der Waals surface area contributed by atoms with E-state index < -0.39 is 12.6 Å². The van der Waals surface area contributed by atoms with Gasteiger partial charge in [-0.2, -0.15) is 18.4 Å². The summed E-state index contributed by atoms with van der Waals surface area (Å²) in [5.74, 6) is 0.145. The number of halogens is 3. The maximum atomic E-state index is 13.2. The zero-order valence-electron chi connectivity index (χ0n) is 18.3. The van der Waals surface area contributed by atoms with E-state index in [1.165, 1.54) is 4.90 Å². The summed E-state index contributed by atoms with van der Waals surface area (Å²) in [5.41, 5.74) is 2.21. The van der Waals surface area contributed by atoms with E-state index in [1.807, 2.05) is 30.3 Å². The van der Waals surface area contributed by atoms with Crippen LogP contribution >= 0.6 is 24.0 Å². The molecule has 0 spiro atoms. The Bertz CT molecular complexity index is 1280. The largest absolute Gasteiger partial charge is 0.390 e. The van der Waals surface area contributed by atoms with Crippen molar-refractivity contribution < 1.29 is 18.0 Å². The SMILES string of the molecule is C=CCN1C(=O)C(=CC=C2N(CCC(F)(F)F)c3ccc(C#N)cc3N2c2ccccc2)SC1=S. The van der Waals surface area contributed by atoms with Crippen LogP contribution in [0.1, 0.15) is 12.0 Å². The highest BCUT2D eigenvalue weighted by atomic mass is 32.2. The van der Waals surface area contributed by atoms with E-state index in [0.29, 0.717) is 37.7 Å². The molecule has 0 N–H and O–H groups in total. The molecule has 2 aliphatic rings. The van der Waals surface area contributed by atoms with Crippen molar-refractivity contribution in [2.45, 2.75) is 12.6 Å². The minimum absolute atomic E-state index is 0.273. The van der Waals surface area contributed by atoms with Gasteiger partial charge in [-0.3, -0.25) is 14.6 Å². The number of amides is 1. The van der Waals surface area contributed by atoms with E-state index >= 15 is 0 Å². The van der Waals surface area contributed by atoms with Crippen LogP contribution in [-0.4, -0.2) is 34.4 Å². The fraction of sp³-hybridized carbons (Fsp3) is 0.160. The van der Waals surface area contributed by atoms with Gasteiger partial charge in [-0.25, -0.2) is 0 Å². The van der Waals surface area contributed by atoms with Crippen LogP contribution in [0.25, 0.3) is 0 Å². The quantitative estimate of drug-likeness (QED) is 0.259.